The summed E-state index contributed by atoms with van der Waals surface area (Å²) in [5.74, 6) is -0.364. The zero-order chi connectivity index (χ0) is 18.6. The summed E-state index contributed by atoms with van der Waals surface area (Å²) in [6.45, 7) is 4.26. The van der Waals surface area contributed by atoms with E-state index in [1.54, 1.807) is 0 Å². The molecule has 138 valence electrons. The van der Waals surface area contributed by atoms with Crippen LogP contribution < -0.4 is 0 Å². The van der Waals surface area contributed by atoms with Gasteiger partial charge in [0.1, 0.15) is 5.82 Å². The maximum Gasteiger partial charge on any atom is 0.286 e. The van der Waals surface area contributed by atoms with E-state index in [1.807, 2.05) is 48.5 Å². The molecule has 2 aromatic rings. The lowest BCUT2D eigenvalue weighted by molar-refractivity contribution is -0.113. The zero-order valence-corrected chi connectivity index (χ0v) is 15.7. The topological polar surface area (TPSA) is 35.9 Å². The van der Waals surface area contributed by atoms with Crippen LogP contribution in [-0.4, -0.2) is 47.1 Å². The van der Waals surface area contributed by atoms with Crippen molar-refractivity contribution in [1.29, 1.82) is 0 Å². The summed E-state index contributed by atoms with van der Waals surface area (Å²) in [5.41, 5.74) is 2.12. The van der Waals surface area contributed by atoms with Crippen LogP contribution in [0.4, 0.5) is 4.39 Å². The van der Waals surface area contributed by atoms with Gasteiger partial charge in [0.25, 0.3) is 5.91 Å². The van der Waals surface area contributed by atoms with Gasteiger partial charge in [0.05, 0.1) is 4.91 Å². The van der Waals surface area contributed by atoms with Gasteiger partial charge in [-0.15, -0.1) is 0 Å². The van der Waals surface area contributed by atoms with Crippen LogP contribution in [-0.2, 0) is 11.3 Å². The zero-order valence-electron chi connectivity index (χ0n) is 14.8. The highest BCUT2D eigenvalue weighted by molar-refractivity contribution is 8.18. The first-order valence-corrected chi connectivity index (χ1v) is 9.78. The third kappa shape index (κ3) is 4.46. The molecule has 2 aliphatic heterocycles. The monoisotopic (exact) mass is 381 g/mol. The van der Waals surface area contributed by atoms with Gasteiger partial charge in [-0.05, 0) is 41.1 Å². The number of benzene rings is 2. The van der Waals surface area contributed by atoms with Crippen molar-refractivity contribution < 1.29 is 9.18 Å². The molecule has 2 aromatic carbocycles. The normalized spacial score (nSPS) is 19.6. The number of thioether (sulfide) groups is 1. The summed E-state index contributed by atoms with van der Waals surface area (Å²) < 4.78 is 13.0. The molecule has 4 nitrogen and oxygen atoms in total. The van der Waals surface area contributed by atoms with Crippen molar-refractivity contribution in [3.05, 3.63) is 76.4 Å². The molecule has 6 heteroatoms. The summed E-state index contributed by atoms with van der Waals surface area (Å²) in [6.07, 6.45) is 1.90. The first-order chi connectivity index (χ1) is 13.2. The van der Waals surface area contributed by atoms with Crippen molar-refractivity contribution in [3.63, 3.8) is 0 Å². The number of nitrogens with zero attached hydrogens (tertiary/aromatic N) is 3. The highest BCUT2D eigenvalue weighted by Crippen LogP contribution is 2.30. The minimum Gasteiger partial charge on any atom is -0.348 e. The van der Waals surface area contributed by atoms with E-state index in [1.165, 1.54) is 23.9 Å². The second kappa shape index (κ2) is 8.06. The quantitative estimate of drug-likeness (QED) is 0.761. The van der Waals surface area contributed by atoms with Gasteiger partial charge in [0.15, 0.2) is 5.17 Å². The number of hydrogen-bond donors (Lipinski definition) is 0. The summed E-state index contributed by atoms with van der Waals surface area (Å²) in [7, 11) is 0. The van der Waals surface area contributed by atoms with Crippen LogP contribution in [0, 0.1) is 5.82 Å². The minimum atomic E-state index is -0.205. The van der Waals surface area contributed by atoms with Gasteiger partial charge in [0.2, 0.25) is 0 Å². The van der Waals surface area contributed by atoms with Crippen molar-refractivity contribution in [2.75, 3.05) is 26.2 Å². The molecule has 0 unspecified atom stereocenters. The van der Waals surface area contributed by atoms with E-state index in [9.17, 15) is 9.18 Å². The molecular formula is C21H20FN3OS. The predicted molar refractivity (Wildman–Crippen MR) is 108 cm³/mol. The molecule has 4 rings (SSSR count). The second-order valence-electron chi connectivity index (χ2n) is 6.61. The largest absolute Gasteiger partial charge is 0.348 e. The molecule has 2 heterocycles. The Morgan fingerprint density at radius 3 is 2.41 bits per heavy atom. The van der Waals surface area contributed by atoms with E-state index in [-0.39, 0.29) is 11.7 Å². The summed E-state index contributed by atoms with van der Waals surface area (Å²) >= 11 is 1.45. The highest BCUT2D eigenvalue weighted by Gasteiger charge is 2.28. The Hall–Kier alpha value is -2.44. The van der Waals surface area contributed by atoms with E-state index in [4.69, 9.17) is 0 Å². The Morgan fingerprint density at radius 1 is 1.00 bits per heavy atom. The molecule has 0 N–H and O–H groups in total. The van der Waals surface area contributed by atoms with Gasteiger partial charge in [-0.3, -0.25) is 9.69 Å². The number of amidine groups is 1. The van der Waals surface area contributed by atoms with Gasteiger partial charge < -0.3 is 4.90 Å². The van der Waals surface area contributed by atoms with Crippen LogP contribution in [0.25, 0.3) is 6.08 Å². The van der Waals surface area contributed by atoms with E-state index < -0.39 is 0 Å². The van der Waals surface area contributed by atoms with Crippen LogP contribution >= 0.6 is 11.8 Å². The van der Waals surface area contributed by atoms with Gasteiger partial charge in [-0.1, -0.05) is 42.5 Å². The molecule has 0 bridgehead atoms. The minimum absolute atomic E-state index is 0.160. The fourth-order valence-electron chi connectivity index (χ4n) is 3.18. The lowest BCUT2D eigenvalue weighted by atomic mass is 10.2. The molecule has 0 aliphatic carbocycles. The molecule has 2 aliphatic rings. The van der Waals surface area contributed by atoms with Crippen molar-refractivity contribution in [2.45, 2.75) is 6.54 Å². The van der Waals surface area contributed by atoms with Crippen molar-refractivity contribution >= 4 is 28.9 Å². The fraction of sp³-hybridized carbons (Fsp3) is 0.238. The highest BCUT2D eigenvalue weighted by atomic mass is 32.2. The van der Waals surface area contributed by atoms with Crippen LogP contribution in [0.3, 0.4) is 0 Å². The van der Waals surface area contributed by atoms with E-state index in [0.29, 0.717) is 4.91 Å². The van der Waals surface area contributed by atoms with Crippen molar-refractivity contribution in [1.82, 2.24) is 9.80 Å². The maximum absolute atomic E-state index is 13.0. The van der Waals surface area contributed by atoms with Gasteiger partial charge in [-0.25, -0.2) is 4.39 Å². The summed E-state index contributed by atoms with van der Waals surface area (Å²) in [6, 6.07) is 16.5. The number of carbonyl (C=O) groups excluding carboxylic acids is 1. The summed E-state index contributed by atoms with van der Waals surface area (Å²) in [4.78, 5) is 21.7. The van der Waals surface area contributed by atoms with Crippen LogP contribution in [0.2, 0.25) is 0 Å². The van der Waals surface area contributed by atoms with E-state index in [2.05, 4.69) is 14.8 Å². The Balaban J connectivity index is 1.33. The molecule has 0 spiro atoms. The third-order valence-corrected chi connectivity index (χ3v) is 5.71. The number of piperazine rings is 1. The van der Waals surface area contributed by atoms with Crippen LogP contribution in [0.15, 0.2) is 64.5 Å². The summed E-state index contributed by atoms with van der Waals surface area (Å²) in [5, 5.41) is 0.795. The molecule has 1 saturated heterocycles. The average molecular weight is 381 g/mol. The SMILES string of the molecule is O=C1N=C(N2CCN(Cc3ccc(F)cc3)CC2)S/C1=C\c1ccccc1. The van der Waals surface area contributed by atoms with E-state index in [0.717, 1.165) is 49.0 Å². The Morgan fingerprint density at radius 2 is 1.70 bits per heavy atom. The molecule has 0 atom stereocenters. The van der Waals surface area contributed by atoms with Crippen molar-refractivity contribution in [2.24, 2.45) is 4.99 Å². The third-order valence-electron chi connectivity index (χ3n) is 4.67. The van der Waals surface area contributed by atoms with Crippen molar-refractivity contribution in [3.8, 4) is 0 Å². The van der Waals surface area contributed by atoms with Gasteiger partial charge in [-0.2, -0.15) is 4.99 Å². The molecule has 1 amide bonds. The Bertz CT molecular complexity index is 872. The number of aliphatic imine (C=N–C) groups is 1. The number of rotatable bonds is 3. The number of carbonyl (C=O) groups is 1. The molecule has 0 aromatic heterocycles. The molecule has 0 radical (unpaired) electrons. The van der Waals surface area contributed by atoms with E-state index >= 15 is 0 Å². The molecular weight excluding hydrogens is 361 g/mol. The van der Waals surface area contributed by atoms with Gasteiger partial charge >= 0.3 is 0 Å². The smallest absolute Gasteiger partial charge is 0.286 e. The first kappa shape index (κ1) is 17.9. The average Bonchev–Trinajstić information content (AvgIpc) is 3.05. The lowest BCUT2D eigenvalue weighted by Gasteiger charge is -2.35. The van der Waals surface area contributed by atoms with Crippen LogP contribution in [0.5, 0.6) is 0 Å². The number of halogens is 1. The number of hydrogen-bond acceptors (Lipinski definition) is 4. The second-order valence-corrected chi connectivity index (χ2v) is 7.62. The Kier molecular flexibility index (Phi) is 5.36. The maximum atomic E-state index is 13.0. The Labute approximate surface area is 162 Å². The standard InChI is InChI=1S/C21H20FN3OS/c22-18-8-6-17(7-9-18)15-24-10-12-25(13-11-24)21-23-20(26)19(27-21)14-16-4-2-1-3-5-16/h1-9,14H,10-13,15H2/b19-14-. The van der Waals surface area contributed by atoms with Gasteiger partial charge in [0, 0.05) is 32.7 Å². The predicted octanol–water partition coefficient (Wildman–Crippen LogP) is 3.61. The first-order valence-electron chi connectivity index (χ1n) is 8.97. The fourth-order valence-corrected chi connectivity index (χ4v) is 4.14. The molecule has 27 heavy (non-hydrogen) atoms. The number of amides is 1. The molecule has 0 saturated carbocycles. The molecule has 1 fully saturated rings. The lowest BCUT2D eigenvalue weighted by Crippen LogP contribution is -2.47. The van der Waals surface area contributed by atoms with Crippen LogP contribution in [0.1, 0.15) is 11.1 Å².